The smallest absolute Gasteiger partial charge is 0.242 e. The molecule has 0 spiro atoms. The summed E-state index contributed by atoms with van der Waals surface area (Å²) in [7, 11) is 3.17. The number of hydrogen-bond acceptors (Lipinski definition) is 3. The third kappa shape index (κ3) is 5.45. The summed E-state index contributed by atoms with van der Waals surface area (Å²) in [5, 5.41) is 3.93. The van der Waals surface area contributed by atoms with Crippen molar-refractivity contribution in [2.24, 2.45) is 4.99 Å². The molecule has 0 radical (unpaired) electrons. The van der Waals surface area contributed by atoms with Crippen LogP contribution in [0.15, 0.2) is 58.4 Å². The monoisotopic (exact) mass is 408 g/mol. The van der Waals surface area contributed by atoms with Gasteiger partial charge in [0.05, 0.1) is 4.90 Å². The molecule has 2 aromatic carbocycles. The van der Waals surface area contributed by atoms with E-state index in [0.29, 0.717) is 34.5 Å². The van der Waals surface area contributed by atoms with E-state index in [1.807, 2.05) is 42.3 Å². The van der Waals surface area contributed by atoms with Crippen molar-refractivity contribution in [1.29, 1.82) is 0 Å². The molecule has 0 fully saturated rings. The number of benzene rings is 2. The number of hydrogen-bond donors (Lipinski definition) is 1. The Balaban J connectivity index is 2.12. The molecule has 0 aromatic heterocycles. The van der Waals surface area contributed by atoms with Crippen LogP contribution in [-0.2, 0) is 23.1 Å². The van der Waals surface area contributed by atoms with Gasteiger partial charge in [0, 0.05) is 46.3 Å². The molecule has 0 heterocycles. The molecule has 146 valence electrons. The normalized spacial score (nSPS) is 12.3. The fourth-order valence-electron chi connectivity index (χ4n) is 2.60. The zero-order valence-electron chi connectivity index (χ0n) is 16.0. The van der Waals surface area contributed by atoms with Crippen molar-refractivity contribution in [3.63, 3.8) is 0 Å². The topological polar surface area (TPSA) is 65.0 Å². The molecule has 2 aromatic rings. The summed E-state index contributed by atoms with van der Waals surface area (Å²) in [4.78, 5) is 6.54. The maximum Gasteiger partial charge on any atom is 0.242 e. The molecule has 0 unspecified atom stereocenters. The van der Waals surface area contributed by atoms with Crippen LogP contribution in [0.2, 0.25) is 5.02 Å². The first-order chi connectivity index (χ1) is 12.8. The Kier molecular flexibility index (Phi) is 7.24. The van der Waals surface area contributed by atoms with Crippen LogP contribution in [0.3, 0.4) is 0 Å². The van der Waals surface area contributed by atoms with Crippen molar-refractivity contribution >= 4 is 27.6 Å². The zero-order chi connectivity index (χ0) is 20.0. The first-order valence-electron chi connectivity index (χ1n) is 8.42. The second-order valence-corrected chi connectivity index (χ2v) is 8.84. The van der Waals surface area contributed by atoms with Crippen molar-refractivity contribution in [1.82, 2.24) is 14.5 Å². The lowest BCUT2D eigenvalue weighted by Crippen LogP contribution is -2.38. The molecule has 0 aliphatic rings. The van der Waals surface area contributed by atoms with Crippen molar-refractivity contribution in [3.8, 4) is 0 Å². The standard InChI is InChI=1S/C19H25ClN4O2S/c1-21-19(24(4)14-15-9-11-17(20)12-10-15)22-13-16-7-5-6-8-18(16)27(25,26)23(2)3/h5-12H,13-14H2,1-4H3,(H,21,22). The highest BCUT2D eigenvalue weighted by Gasteiger charge is 2.20. The molecule has 0 aliphatic heterocycles. The third-order valence-corrected chi connectivity index (χ3v) is 6.24. The fraction of sp³-hybridized carbons (Fsp3) is 0.316. The lowest BCUT2D eigenvalue weighted by Gasteiger charge is -2.23. The van der Waals surface area contributed by atoms with Gasteiger partial charge in [-0.1, -0.05) is 41.9 Å². The Morgan fingerprint density at radius 2 is 1.70 bits per heavy atom. The second-order valence-electron chi connectivity index (χ2n) is 6.28. The summed E-state index contributed by atoms with van der Waals surface area (Å²) in [6.45, 7) is 0.995. The highest BCUT2D eigenvalue weighted by molar-refractivity contribution is 7.89. The SMILES string of the molecule is CN=C(NCc1ccccc1S(=O)(=O)N(C)C)N(C)Cc1ccc(Cl)cc1. The molecule has 8 heteroatoms. The summed E-state index contributed by atoms with van der Waals surface area (Å²) in [6.07, 6.45) is 0. The highest BCUT2D eigenvalue weighted by atomic mass is 35.5. The van der Waals surface area contributed by atoms with Crippen LogP contribution in [0.5, 0.6) is 0 Å². The molecule has 0 atom stereocenters. The van der Waals surface area contributed by atoms with E-state index < -0.39 is 10.0 Å². The third-order valence-electron chi connectivity index (χ3n) is 4.07. The van der Waals surface area contributed by atoms with Gasteiger partial charge in [-0.05, 0) is 29.3 Å². The maximum atomic E-state index is 12.5. The van der Waals surface area contributed by atoms with Crippen LogP contribution < -0.4 is 5.32 Å². The van der Waals surface area contributed by atoms with Crippen LogP contribution >= 0.6 is 11.6 Å². The molecule has 27 heavy (non-hydrogen) atoms. The number of rotatable bonds is 6. The number of aliphatic imine (C=N–C) groups is 1. The Morgan fingerprint density at radius 1 is 1.07 bits per heavy atom. The van der Waals surface area contributed by atoms with Crippen LogP contribution in [-0.4, -0.2) is 51.8 Å². The molecule has 0 saturated carbocycles. The molecule has 0 aliphatic carbocycles. The predicted molar refractivity (Wildman–Crippen MR) is 110 cm³/mol. The van der Waals surface area contributed by atoms with Gasteiger partial charge in [0.15, 0.2) is 5.96 Å². The van der Waals surface area contributed by atoms with Gasteiger partial charge < -0.3 is 10.2 Å². The van der Waals surface area contributed by atoms with Crippen LogP contribution in [0.25, 0.3) is 0 Å². The number of guanidine groups is 1. The molecule has 1 N–H and O–H groups in total. The van der Waals surface area contributed by atoms with Gasteiger partial charge in [0.1, 0.15) is 0 Å². The number of halogens is 1. The number of nitrogens with zero attached hydrogens (tertiary/aromatic N) is 3. The van der Waals surface area contributed by atoms with E-state index in [1.165, 1.54) is 18.4 Å². The average Bonchev–Trinajstić information content (AvgIpc) is 2.64. The second kappa shape index (κ2) is 9.21. The average molecular weight is 409 g/mol. The minimum atomic E-state index is -3.51. The molecular formula is C19H25ClN4O2S. The summed E-state index contributed by atoms with van der Waals surface area (Å²) >= 11 is 5.93. The van der Waals surface area contributed by atoms with E-state index in [1.54, 1.807) is 25.2 Å². The Hall–Kier alpha value is -2.09. The Bertz CT molecular complexity index is 896. The first-order valence-corrected chi connectivity index (χ1v) is 10.2. The van der Waals surface area contributed by atoms with Crippen molar-refractivity contribution in [2.45, 2.75) is 18.0 Å². The molecule has 6 nitrogen and oxygen atoms in total. The summed E-state index contributed by atoms with van der Waals surface area (Å²) in [6, 6.07) is 14.6. The Labute approximate surface area is 166 Å². The van der Waals surface area contributed by atoms with Gasteiger partial charge in [-0.15, -0.1) is 0 Å². The summed E-state index contributed by atoms with van der Waals surface area (Å²) < 4.78 is 26.2. The molecular weight excluding hydrogens is 384 g/mol. The highest BCUT2D eigenvalue weighted by Crippen LogP contribution is 2.18. The van der Waals surface area contributed by atoms with Crippen LogP contribution in [0.4, 0.5) is 0 Å². The van der Waals surface area contributed by atoms with Gasteiger partial charge >= 0.3 is 0 Å². The largest absolute Gasteiger partial charge is 0.352 e. The van der Waals surface area contributed by atoms with Crippen molar-refractivity contribution in [3.05, 3.63) is 64.7 Å². The van der Waals surface area contributed by atoms with E-state index >= 15 is 0 Å². The molecule has 0 amide bonds. The number of nitrogens with one attached hydrogen (secondary N) is 1. The van der Waals surface area contributed by atoms with Crippen LogP contribution in [0.1, 0.15) is 11.1 Å². The minimum absolute atomic E-state index is 0.290. The minimum Gasteiger partial charge on any atom is -0.352 e. The van der Waals surface area contributed by atoms with Gasteiger partial charge in [-0.3, -0.25) is 4.99 Å². The predicted octanol–water partition coefficient (Wildman–Crippen LogP) is 2.80. The van der Waals surface area contributed by atoms with Crippen molar-refractivity contribution in [2.75, 3.05) is 28.2 Å². The van der Waals surface area contributed by atoms with Crippen molar-refractivity contribution < 1.29 is 8.42 Å². The van der Waals surface area contributed by atoms with Crippen LogP contribution in [0, 0.1) is 0 Å². The van der Waals surface area contributed by atoms with Gasteiger partial charge in [0.2, 0.25) is 10.0 Å². The quantitative estimate of drug-likeness (QED) is 0.589. The van der Waals surface area contributed by atoms with Gasteiger partial charge in [-0.25, -0.2) is 12.7 Å². The van der Waals surface area contributed by atoms with Gasteiger partial charge in [-0.2, -0.15) is 0 Å². The summed E-state index contributed by atoms with van der Waals surface area (Å²) in [5.74, 6) is 0.669. The molecule has 0 saturated heterocycles. The van der Waals surface area contributed by atoms with Gasteiger partial charge in [0.25, 0.3) is 0 Å². The zero-order valence-corrected chi connectivity index (χ0v) is 17.5. The van der Waals surface area contributed by atoms with E-state index in [0.717, 1.165) is 5.56 Å². The molecule has 0 bridgehead atoms. The lowest BCUT2D eigenvalue weighted by molar-refractivity contribution is 0.476. The fourth-order valence-corrected chi connectivity index (χ4v) is 3.84. The van der Waals surface area contributed by atoms with E-state index in [2.05, 4.69) is 10.3 Å². The Morgan fingerprint density at radius 3 is 2.30 bits per heavy atom. The van der Waals surface area contributed by atoms with E-state index in [4.69, 9.17) is 11.6 Å². The summed E-state index contributed by atoms with van der Waals surface area (Å²) in [5.41, 5.74) is 1.78. The lowest BCUT2D eigenvalue weighted by atomic mass is 10.2. The molecule has 2 rings (SSSR count). The number of sulfonamides is 1. The maximum absolute atomic E-state index is 12.5. The first kappa shape index (κ1) is 21.2. The van der Waals surface area contributed by atoms with E-state index in [9.17, 15) is 8.42 Å². The van der Waals surface area contributed by atoms with E-state index in [-0.39, 0.29) is 0 Å².